The fraction of sp³-hybridized carbons (Fsp3) is 0.846. The smallest absolute Gasteiger partial charge is 0.411 e. The monoisotopic (exact) mass is 335 g/mol. The van der Waals surface area contributed by atoms with Gasteiger partial charge >= 0.3 is 12.1 Å². The van der Waals surface area contributed by atoms with Gasteiger partial charge in [0.25, 0.3) is 0 Å². The lowest BCUT2D eigenvalue weighted by Crippen LogP contribution is -2.54. The number of ether oxygens (including phenoxy) is 1. The van der Waals surface area contributed by atoms with Crippen LogP contribution in [-0.2, 0) is 9.53 Å². The molecule has 1 heterocycles. The lowest BCUT2D eigenvalue weighted by molar-refractivity contribution is -0.149. The van der Waals surface area contributed by atoms with E-state index < -0.39 is 23.2 Å². The van der Waals surface area contributed by atoms with E-state index in [0.717, 1.165) is 5.33 Å². The third kappa shape index (κ3) is 3.84. The predicted molar refractivity (Wildman–Crippen MR) is 75.6 cm³/mol. The van der Waals surface area contributed by atoms with Crippen molar-refractivity contribution in [1.82, 2.24) is 4.90 Å². The van der Waals surface area contributed by atoms with Gasteiger partial charge in [-0.25, -0.2) is 9.59 Å². The van der Waals surface area contributed by atoms with Gasteiger partial charge in [-0.05, 0) is 46.5 Å². The number of carboxylic acids is 1. The van der Waals surface area contributed by atoms with Crippen molar-refractivity contribution in [1.29, 1.82) is 0 Å². The van der Waals surface area contributed by atoms with Crippen LogP contribution in [-0.4, -0.2) is 45.1 Å². The standard InChI is InChI=1S/C13H22BrNO4/c1-12(2,3)19-11(18)15-9-5-7-13(15,10(16)17)6-4-8-14/h4-9H2,1-3H3,(H,16,17)/t13-/m1/s1. The van der Waals surface area contributed by atoms with Crippen LogP contribution in [0.3, 0.4) is 0 Å². The molecule has 19 heavy (non-hydrogen) atoms. The number of alkyl halides is 1. The van der Waals surface area contributed by atoms with Crippen molar-refractivity contribution >= 4 is 28.0 Å². The molecule has 0 spiro atoms. The van der Waals surface area contributed by atoms with Gasteiger partial charge in [-0.15, -0.1) is 0 Å². The van der Waals surface area contributed by atoms with Crippen LogP contribution < -0.4 is 0 Å². The Morgan fingerprint density at radius 2 is 2.05 bits per heavy atom. The van der Waals surface area contributed by atoms with Crippen LogP contribution in [0.1, 0.15) is 46.5 Å². The van der Waals surface area contributed by atoms with Crippen molar-refractivity contribution < 1.29 is 19.4 Å². The van der Waals surface area contributed by atoms with Gasteiger partial charge in [0.2, 0.25) is 0 Å². The minimum Gasteiger partial charge on any atom is -0.479 e. The molecule has 0 aromatic rings. The molecule has 1 aliphatic rings. The van der Waals surface area contributed by atoms with Crippen molar-refractivity contribution in [3.8, 4) is 0 Å². The van der Waals surface area contributed by atoms with E-state index in [9.17, 15) is 14.7 Å². The lowest BCUT2D eigenvalue weighted by atomic mass is 9.91. The van der Waals surface area contributed by atoms with Crippen molar-refractivity contribution in [2.45, 2.75) is 57.6 Å². The lowest BCUT2D eigenvalue weighted by Gasteiger charge is -2.35. The Labute approximate surface area is 122 Å². The Balaban J connectivity index is 2.90. The van der Waals surface area contributed by atoms with Crippen LogP contribution in [0.25, 0.3) is 0 Å². The number of halogens is 1. The highest BCUT2D eigenvalue weighted by atomic mass is 79.9. The Morgan fingerprint density at radius 1 is 1.42 bits per heavy atom. The molecule has 0 unspecified atom stereocenters. The summed E-state index contributed by atoms with van der Waals surface area (Å²) in [5.74, 6) is -0.934. The number of carbonyl (C=O) groups is 2. The van der Waals surface area contributed by atoms with Gasteiger partial charge in [-0.3, -0.25) is 4.90 Å². The molecule has 1 amide bonds. The molecular weight excluding hydrogens is 314 g/mol. The van der Waals surface area contributed by atoms with E-state index in [-0.39, 0.29) is 0 Å². The van der Waals surface area contributed by atoms with Gasteiger partial charge in [0.15, 0.2) is 0 Å². The molecule has 1 atom stereocenters. The quantitative estimate of drug-likeness (QED) is 0.802. The molecule has 0 bridgehead atoms. The van der Waals surface area contributed by atoms with Gasteiger partial charge in [0, 0.05) is 11.9 Å². The van der Waals surface area contributed by atoms with E-state index in [4.69, 9.17) is 4.74 Å². The average Bonchev–Trinajstić information content (AvgIpc) is 2.69. The number of rotatable bonds is 4. The molecule has 5 nitrogen and oxygen atoms in total. The van der Waals surface area contributed by atoms with Crippen LogP contribution in [0.2, 0.25) is 0 Å². The minimum absolute atomic E-state index is 0.448. The molecule has 0 aromatic carbocycles. The number of carbonyl (C=O) groups excluding carboxylic acids is 1. The number of aliphatic carboxylic acids is 1. The highest BCUT2D eigenvalue weighted by molar-refractivity contribution is 9.09. The first-order chi connectivity index (χ1) is 8.73. The zero-order valence-corrected chi connectivity index (χ0v) is 13.3. The largest absolute Gasteiger partial charge is 0.479 e. The van der Waals surface area contributed by atoms with Crippen molar-refractivity contribution in [2.24, 2.45) is 0 Å². The van der Waals surface area contributed by atoms with E-state index in [0.29, 0.717) is 32.2 Å². The van der Waals surface area contributed by atoms with E-state index >= 15 is 0 Å². The van der Waals surface area contributed by atoms with Crippen molar-refractivity contribution in [3.05, 3.63) is 0 Å². The SMILES string of the molecule is CC(C)(C)OC(=O)N1CCC[C@]1(CCCBr)C(=O)O. The van der Waals surface area contributed by atoms with E-state index in [1.165, 1.54) is 4.90 Å². The molecule has 1 saturated heterocycles. The van der Waals surface area contributed by atoms with Crippen LogP contribution in [0.4, 0.5) is 4.79 Å². The number of carboxylic acid groups (broad SMARTS) is 1. The van der Waals surface area contributed by atoms with Gasteiger partial charge in [-0.2, -0.15) is 0 Å². The summed E-state index contributed by atoms with van der Waals surface area (Å²) in [7, 11) is 0. The highest BCUT2D eigenvalue weighted by Crippen LogP contribution is 2.35. The second kappa shape index (κ2) is 6.11. The van der Waals surface area contributed by atoms with Gasteiger partial charge in [0.1, 0.15) is 11.1 Å². The summed E-state index contributed by atoms with van der Waals surface area (Å²) in [5.41, 5.74) is -1.71. The summed E-state index contributed by atoms with van der Waals surface area (Å²) >= 11 is 3.31. The number of amides is 1. The zero-order chi connectivity index (χ0) is 14.7. The maximum Gasteiger partial charge on any atom is 0.411 e. The summed E-state index contributed by atoms with van der Waals surface area (Å²) in [4.78, 5) is 25.2. The maximum absolute atomic E-state index is 12.2. The molecule has 1 fully saturated rings. The third-order valence-electron chi connectivity index (χ3n) is 3.22. The Morgan fingerprint density at radius 3 is 2.53 bits per heavy atom. The molecule has 1 N–H and O–H groups in total. The molecule has 1 rings (SSSR count). The van der Waals surface area contributed by atoms with Crippen LogP contribution in [0.5, 0.6) is 0 Å². The molecule has 0 radical (unpaired) electrons. The average molecular weight is 336 g/mol. The fourth-order valence-electron chi connectivity index (χ4n) is 2.41. The first kappa shape index (κ1) is 16.3. The Kier molecular flexibility index (Phi) is 5.24. The van der Waals surface area contributed by atoms with E-state index in [2.05, 4.69) is 15.9 Å². The third-order valence-corrected chi connectivity index (χ3v) is 3.79. The summed E-state index contributed by atoms with van der Waals surface area (Å²) in [6, 6.07) is 0. The summed E-state index contributed by atoms with van der Waals surface area (Å²) in [6.07, 6.45) is 1.84. The van der Waals surface area contributed by atoms with Crippen molar-refractivity contribution in [2.75, 3.05) is 11.9 Å². The van der Waals surface area contributed by atoms with Gasteiger partial charge in [0.05, 0.1) is 0 Å². The summed E-state index contributed by atoms with van der Waals surface area (Å²) < 4.78 is 5.32. The van der Waals surface area contributed by atoms with E-state index in [1.807, 2.05) is 0 Å². The fourth-order valence-corrected chi connectivity index (χ4v) is 2.69. The maximum atomic E-state index is 12.2. The second-order valence-electron chi connectivity index (χ2n) is 5.86. The number of hydrogen-bond donors (Lipinski definition) is 1. The number of hydrogen-bond acceptors (Lipinski definition) is 3. The van der Waals surface area contributed by atoms with Gasteiger partial charge < -0.3 is 9.84 Å². The number of likely N-dealkylation sites (tertiary alicyclic amines) is 1. The molecule has 0 saturated carbocycles. The summed E-state index contributed by atoms with van der Waals surface area (Å²) in [6.45, 7) is 5.79. The molecule has 1 aliphatic heterocycles. The van der Waals surface area contributed by atoms with Crippen LogP contribution in [0, 0.1) is 0 Å². The van der Waals surface area contributed by atoms with Crippen LogP contribution in [0.15, 0.2) is 0 Å². The number of nitrogens with zero attached hydrogens (tertiary/aromatic N) is 1. The molecule has 6 heteroatoms. The highest BCUT2D eigenvalue weighted by Gasteiger charge is 2.50. The molecular formula is C13H22BrNO4. The zero-order valence-electron chi connectivity index (χ0n) is 11.7. The van der Waals surface area contributed by atoms with Crippen LogP contribution >= 0.6 is 15.9 Å². The first-order valence-electron chi connectivity index (χ1n) is 6.53. The Bertz CT molecular complexity index is 353. The molecule has 0 aromatic heterocycles. The molecule has 110 valence electrons. The second-order valence-corrected chi connectivity index (χ2v) is 6.66. The first-order valence-corrected chi connectivity index (χ1v) is 7.65. The predicted octanol–water partition coefficient (Wildman–Crippen LogP) is 3.02. The topological polar surface area (TPSA) is 66.8 Å². The van der Waals surface area contributed by atoms with E-state index in [1.54, 1.807) is 20.8 Å². The molecule has 0 aliphatic carbocycles. The summed E-state index contributed by atoms with van der Waals surface area (Å²) in [5, 5.41) is 10.3. The van der Waals surface area contributed by atoms with Gasteiger partial charge in [-0.1, -0.05) is 15.9 Å². The normalized spacial score (nSPS) is 23.5. The van der Waals surface area contributed by atoms with Crippen molar-refractivity contribution in [3.63, 3.8) is 0 Å². The minimum atomic E-state index is -1.10. The Hall–Kier alpha value is -0.780.